The molecule has 0 saturated heterocycles. The molecule has 3 rings (SSSR count). The highest BCUT2D eigenvalue weighted by atomic mass is 16.5. The summed E-state index contributed by atoms with van der Waals surface area (Å²) in [5.74, 6) is -1.11. The molecule has 0 radical (unpaired) electrons. The van der Waals surface area contributed by atoms with Crippen molar-refractivity contribution in [3.63, 3.8) is 0 Å². The van der Waals surface area contributed by atoms with Gasteiger partial charge < -0.3 is 29.1 Å². The minimum absolute atomic E-state index is 0.000829. The van der Waals surface area contributed by atoms with Crippen molar-refractivity contribution < 1.29 is 42.9 Å². The number of esters is 3. The number of methoxy groups -OCH3 is 1. The molecule has 0 heterocycles. The van der Waals surface area contributed by atoms with Crippen molar-refractivity contribution in [2.45, 2.75) is 71.8 Å². The lowest BCUT2D eigenvalue weighted by molar-refractivity contribution is -0.143. The molecule has 3 aromatic carbocycles. The summed E-state index contributed by atoms with van der Waals surface area (Å²) in [6.45, 7) is 5.37. The Hall–Kier alpha value is -4.83. The lowest BCUT2D eigenvalue weighted by Crippen LogP contribution is -2.44. The number of carbonyl (C=O) groups is 5. The van der Waals surface area contributed by atoms with Crippen LogP contribution in [0, 0.1) is 0 Å². The van der Waals surface area contributed by atoms with E-state index in [2.05, 4.69) is 10.1 Å². The van der Waals surface area contributed by atoms with E-state index in [-0.39, 0.29) is 49.8 Å². The quantitative estimate of drug-likeness (QED) is 0.159. The fourth-order valence-corrected chi connectivity index (χ4v) is 3.85. The largest absolute Gasteiger partial charge is 0.466 e. The van der Waals surface area contributed by atoms with Crippen molar-refractivity contribution in [3.05, 3.63) is 96.1 Å². The molecule has 1 atom stereocenters. The van der Waals surface area contributed by atoms with Crippen molar-refractivity contribution in [2.24, 2.45) is 0 Å². The number of ether oxygens (including phenoxy) is 4. The summed E-state index contributed by atoms with van der Waals surface area (Å²) in [5, 5.41) is 2.73. The maximum atomic E-state index is 13.0. The molecule has 1 N–H and O–H groups in total. The molecule has 0 aliphatic carbocycles. The Morgan fingerprint density at radius 1 is 0.660 bits per heavy atom. The molecule has 0 spiro atoms. The Labute approximate surface area is 277 Å². The zero-order valence-electron chi connectivity index (χ0n) is 28.0. The number of Topliss-reactive ketones (excluding diaryl/α,β-unsaturated/α-hetero) is 1. The second-order valence-electron chi connectivity index (χ2n) is 10.3. The smallest absolute Gasteiger partial charge is 0.334 e. The van der Waals surface area contributed by atoms with Gasteiger partial charge in [0.1, 0.15) is 23.3 Å². The van der Waals surface area contributed by atoms with Crippen LogP contribution in [-0.2, 0) is 46.3 Å². The van der Waals surface area contributed by atoms with Crippen molar-refractivity contribution in [1.82, 2.24) is 5.32 Å². The number of hydrogen-bond acceptors (Lipinski definition) is 9. The first-order valence-corrected chi connectivity index (χ1v) is 15.6. The third-order valence-corrected chi connectivity index (χ3v) is 6.10. The molecule has 10 nitrogen and oxygen atoms in total. The average molecular weight is 650 g/mol. The Bertz CT molecular complexity index is 1310. The first kappa shape index (κ1) is 40.2. The van der Waals surface area contributed by atoms with E-state index in [1.807, 2.05) is 43.3 Å². The maximum absolute atomic E-state index is 13.0. The van der Waals surface area contributed by atoms with Crippen LogP contribution in [0.4, 0.5) is 0 Å². The number of benzene rings is 3. The van der Waals surface area contributed by atoms with Gasteiger partial charge in [0.05, 0.1) is 13.0 Å². The molecule has 3 aromatic rings. The molecule has 0 aromatic heterocycles. The van der Waals surface area contributed by atoms with Crippen LogP contribution >= 0.6 is 0 Å². The van der Waals surface area contributed by atoms with E-state index in [1.54, 1.807) is 69.7 Å². The Balaban J connectivity index is 0.00000106. The minimum atomic E-state index is -0.929. The standard InChI is InChI=1S/C29H35NO8.C6H6.C2H6O/c1-4-6-26(32)30-25(19-22-10-15-23(16-11-22)37-28(34)17-7-20(3)31)29(35)38-24-13-8-21(9-14-24)12-18-27(33)36-5-2;1-2-4-6-5-3-1;1-3-2/h8-11,13-16,25H,4-7,12,17-19H2,1-3H3,(H,30,32);1-6H;1-2H3. The molecule has 1 amide bonds. The summed E-state index contributed by atoms with van der Waals surface area (Å²) in [4.78, 5) is 59.6. The second kappa shape index (κ2) is 24.4. The number of aryl methyl sites for hydroxylation is 1. The van der Waals surface area contributed by atoms with Crippen molar-refractivity contribution in [2.75, 3.05) is 20.8 Å². The molecule has 1 unspecified atom stereocenters. The molecule has 0 saturated carbocycles. The lowest BCUT2D eigenvalue weighted by atomic mass is 10.1. The van der Waals surface area contributed by atoms with Crippen LogP contribution in [0.2, 0.25) is 0 Å². The fraction of sp³-hybridized carbons (Fsp3) is 0.378. The number of nitrogens with one attached hydrogen (secondary N) is 1. The van der Waals surface area contributed by atoms with E-state index in [1.165, 1.54) is 6.92 Å². The van der Waals surface area contributed by atoms with Crippen LogP contribution in [-0.4, -0.2) is 56.5 Å². The van der Waals surface area contributed by atoms with Crippen molar-refractivity contribution >= 4 is 29.6 Å². The van der Waals surface area contributed by atoms with Crippen LogP contribution in [0.25, 0.3) is 0 Å². The summed E-state index contributed by atoms with van der Waals surface area (Å²) >= 11 is 0. The van der Waals surface area contributed by atoms with Gasteiger partial charge in [0, 0.05) is 39.9 Å². The molecule has 47 heavy (non-hydrogen) atoms. The summed E-state index contributed by atoms with van der Waals surface area (Å²) in [7, 11) is 3.25. The summed E-state index contributed by atoms with van der Waals surface area (Å²) in [6, 6.07) is 24.4. The first-order chi connectivity index (χ1) is 22.6. The highest BCUT2D eigenvalue weighted by Gasteiger charge is 2.23. The molecule has 10 heteroatoms. The predicted molar refractivity (Wildman–Crippen MR) is 179 cm³/mol. The zero-order chi connectivity index (χ0) is 34.9. The van der Waals surface area contributed by atoms with Gasteiger partial charge in [-0.15, -0.1) is 0 Å². The Kier molecular flexibility index (Phi) is 20.9. The molecule has 0 aliphatic rings. The number of rotatable bonds is 15. The van der Waals surface area contributed by atoms with E-state index in [4.69, 9.17) is 14.2 Å². The summed E-state index contributed by atoms with van der Waals surface area (Å²) in [6.07, 6.45) is 1.96. The number of ketones is 1. The van der Waals surface area contributed by atoms with Gasteiger partial charge in [-0.3, -0.25) is 14.4 Å². The van der Waals surface area contributed by atoms with E-state index < -0.39 is 18.0 Å². The molecule has 0 aliphatic heterocycles. The zero-order valence-corrected chi connectivity index (χ0v) is 28.0. The Morgan fingerprint density at radius 2 is 1.17 bits per heavy atom. The highest BCUT2D eigenvalue weighted by molar-refractivity contribution is 5.86. The maximum Gasteiger partial charge on any atom is 0.334 e. The molecular formula is C37H47NO9. The van der Waals surface area contributed by atoms with Gasteiger partial charge in [-0.1, -0.05) is 67.6 Å². The van der Waals surface area contributed by atoms with Gasteiger partial charge in [-0.05, 0) is 62.1 Å². The second-order valence-corrected chi connectivity index (χ2v) is 10.3. The predicted octanol–water partition coefficient (Wildman–Crippen LogP) is 5.84. The van der Waals surface area contributed by atoms with Crippen LogP contribution in [0.5, 0.6) is 11.5 Å². The van der Waals surface area contributed by atoms with E-state index in [0.29, 0.717) is 30.9 Å². The van der Waals surface area contributed by atoms with Gasteiger partial charge in [-0.2, -0.15) is 0 Å². The number of amides is 1. The monoisotopic (exact) mass is 649 g/mol. The average Bonchev–Trinajstić information content (AvgIpc) is 3.06. The Morgan fingerprint density at radius 3 is 1.66 bits per heavy atom. The van der Waals surface area contributed by atoms with Gasteiger partial charge in [0.25, 0.3) is 0 Å². The van der Waals surface area contributed by atoms with Gasteiger partial charge in [0.2, 0.25) is 5.91 Å². The molecule has 0 fully saturated rings. The number of hydrogen-bond donors (Lipinski definition) is 1. The topological polar surface area (TPSA) is 134 Å². The highest BCUT2D eigenvalue weighted by Crippen LogP contribution is 2.18. The molecule has 0 bridgehead atoms. The molecular weight excluding hydrogens is 602 g/mol. The van der Waals surface area contributed by atoms with E-state index in [0.717, 1.165) is 11.1 Å². The fourth-order valence-electron chi connectivity index (χ4n) is 3.85. The van der Waals surface area contributed by atoms with Gasteiger partial charge in [0.15, 0.2) is 0 Å². The van der Waals surface area contributed by atoms with Crippen molar-refractivity contribution in [3.8, 4) is 11.5 Å². The van der Waals surface area contributed by atoms with E-state index in [9.17, 15) is 24.0 Å². The first-order valence-electron chi connectivity index (χ1n) is 15.6. The van der Waals surface area contributed by atoms with Crippen LogP contribution < -0.4 is 14.8 Å². The number of carbonyl (C=O) groups excluding carboxylic acids is 5. The van der Waals surface area contributed by atoms with E-state index >= 15 is 0 Å². The summed E-state index contributed by atoms with van der Waals surface area (Å²) < 4.78 is 19.9. The van der Waals surface area contributed by atoms with Crippen molar-refractivity contribution in [1.29, 1.82) is 0 Å². The summed E-state index contributed by atoms with van der Waals surface area (Å²) in [5.41, 5.74) is 1.62. The third kappa shape index (κ3) is 19.3. The normalized spacial score (nSPS) is 10.5. The van der Waals surface area contributed by atoms with Crippen LogP contribution in [0.1, 0.15) is 64.0 Å². The third-order valence-electron chi connectivity index (χ3n) is 6.10. The minimum Gasteiger partial charge on any atom is -0.466 e. The molecule has 254 valence electrons. The van der Waals surface area contributed by atoms with Gasteiger partial charge >= 0.3 is 17.9 Å². The SMILES string of the molecule is CCCC(=O)NC(Cc1ccc(OC(=O)CCC(C)=O)cc1)C(=O)Oc1ccc(CCC(=O)OCC)cc1.COC.c1ccccc1. The van der Waals surface area contributed by atoms with Crippen LogP contribution in [0.15, 0.2) is 84.9 Å². The lowest BCUT2D eigenvalue weighted by Gasteiger charge is -2.18. The van der Waals surface area contributed by atoms with Gasteiger partial charge in [-0.25, -0.2) is 4.79 Å². The van der Waals surface area contributed by atoms with Crippen LogP contribution in [0.3, 0.4) is 0 Å².